The maximum atomic E-state index is 12.2. The van der Waals surface area contributed by atoms with Gasteiger partial charge in [-0.15, -0.1) is 6.58 Å². The first-order valence-electron chi connectivity index (χ1n) is 6.78. The Hall–Kier alpha value is -3.02. The first-order chi connectivity index (χ1) is 10.8. The zero-order valence-corrected chi connectivity index (χ0v) is 11.8. The van der Waals surface area contributed by atoms with Gasteiger partial charge in [0.05, 0.1) is 11.9 Å². The van der Waals surface area contributed by atoms with Crippen molar-refractivity contribution in [3.8, 4) is 11.5 Å². The summed E-state index contributed by atoms with van der Waals surface area (Å²) in [5.41, 5.74) is 1.80. The van der Waals surface area contributed by atoms with Crippen LogP contribution < -0.4 is 20.1 Å². The quantitative estimate of drug-likeness (QED) is 0.830. The third-order valence-corrected chi connectivity index (χ3v) is 3.08. The highest BCUT2D eigenvalue weighted by Crippen LogP contribution is 2.34. The van der Waals surface area contributed by atoms with E-state index < -0.39 is 0 Å². The van der Waals surface area contributed by atoms with Crippen LogP contribution in [0, 0.1) is 0 Å². The zero-order valence-electron chi connectivity index (χ0n) is 11.8. The van der Waals surface area contributed by atoms with Crippen molar-refractivity contribution >= 4 is 17.3 Å². The van der Waals surface area contributed by atoms with Crippen LogP contribution in [0.5, 0.6) is 11.5 Å². The highest BCUT2D eigenvalue weighted by atomic mass is 16.7. The van der Waals surface area contributed by atoms with E-state index in [0.717, 1.165) is 5.69 Å². The Kier molecular flexibility index (Phi) is 3.91. The van der Waals surface area contributed by atoms with Gasteiger partial charge < -0.3 is 20.1 Å². The van der Waals surface area contributed by atoms with Crippen molar-refractivity contribution in [1.82, 2.24) is 4.98 Å². The summed E-state index contributed by atoms with van der Waals surface area (Å²) >= 11 is 0. The van der Waals surface area contributed by atoms with Gasteiger partial charge in [0.1, 0.15) is 5.69 Å². The third kappa shape index (κ3) is 3.01. The van der Waals surface area contributed by atoms with E-state index in [1.807, 2.05) is 0 Å². The molecule has 0 bridgehead atoms. The van der Waals surface area contributed by atoms with E-state index in [-0.39, 0.29) is 12.7 Å². The summed E-state index contributed by atoms with van der Waals surface area (Å²) in [7, 11) is 0. The molecular formula is C16H15N3O3. The Bertz CT molecular complexity index is 698. The van der Waals surface area contributed by atoms with E-state index in [0.29, 0.717) is 29.4 Å². The van der Waals surface area contributed by atoms with Crippen LogP contribution in [0.25, 0.3) is 0 Å². The number of anilines is 2. The molecule has 0 spiro atoms. The van der Waals surface area contributed by atoms with Crippen molar-refractivity contribution in [1.29, 1.82) is 0 Å². The fourth-order valence-corrected chi connectivity index (χ4v) is 1.99. The van der Waals surface area contributed by atoms with Crippen molar-refractivity contribution < 1.29 is 14.3 Å². The zero-order chi connectivity index (χ0) is 15.4. The van der Waals surface area contributed by atoms with Gasteiger partial charge in [0.15, 0.2) is 11.5 Å². The number of amides is 1. The molecule has 0 atom stereocenters. The number of aromatic nitrogens is 1. The summed E-state index contributed by atoms with van der Waals surface area (Å²) in [4.78, 5) is 16.3. The average molecular weight is 297 g/mol. The molecular weight excluding hydrogens is 282 g/mol. The summed E-state index contributed by atoms with van der Waals surface area (Å²) in [6, 6.07) is 8.69. The Balaban J connectivity index is 1.67. The number of hydrogen-bond donors (Lipinski definition) is 2. The van der Waals surface area contributed by atoms with Crippen molar-refractivity contribution in [3.63, 3.8) is 0 Å². The van der Waals surface area contributed by atoms with E-state index in [1.165, 1.54) is 0 Å². The number of pyridine rings is 1. The summed E-state index contributed by atoms with van der Waals surface area (Å²) in [5, 5.41) is 5.87. The van der Waals surface area contributed by atoms with Gasteiger partial charge >= 0.3 is 0 Å². The van der Waals surface area contributed by atoms with E-state index in [9.17, 15) is 4.79 Å². The summed E-state index contributed by atoms with van der Waals surface area (Å²) in [6.07, 6.45) is 3.36. The summed E-state index contributed by atoms with van der Waals surface area (Å²) < 4.78 is 10.5. The molecule has 0 saturated heterocycles. The molecule has 0 saturated carbocycles. The Morgan fingerprint density at radius 2 is 2.05 bits per heavy atom. The van der Waals surface area contributed by atoms with Gasteiger partial charge in [0.2, 0.25) is 6.79 Å². The number of nitrogens with one attached hydrogen (secondary N) is 2. The van der Waals surface area contributed by atoms with Crippen molar-refractivity contribution in [2.45, 2.75) is 0 Å². The average Bonchev–Trinajstić information content (AvgIpc) is 3.01. The lowest BCUT2D eigenvalue weighted by Crippen LogP contribution is -2.13. The number of benzene rings is 1. The minimum atomic E-state index is -0.283. The standard InChI is InChI=1S/C16H15N3O3/c1-2-7-17-12-3-5-13(18-9-12)16(20)19-11-4-6-14-15(8-11)22-10-21-14/h2-6,8-9,17H,1,7,10H2,(H,19,20). The second-order valence-corrected chi connectivity index (χ2v) is 4.62. The monoisotopic (exact) mass is 297 g/mol. The predicted molar refractivity (Wildman–Crippen MR) is 83.4 cm³/mol. The Morgan fingerprint density at radius 3 is 2.82 bits per heavy atom. The largest absolute Gasteiger partial charge is 0.454 e. The lowest BCUT2D eigenvalue weighted by molar-refractivity contribution is 0.102. The molecule has 6 nitrogen and oxygen atoms in total. The van der Waals surface area contributed by atoms with Gasteiger partial charge in [0, 0.05) is 18.3 Å². The molecule has 0 fully saturated rings. The first kappa shape index (κ1) is 13.9. The van der Waals surface area contributed by atoms with E-state index in [4.69, 9.17) is 9.47 Å². The molecule has 1 aromatic carbocycles. The topological polar surface area (TPSA) is 72.5 Å². The highest BCUT2D eigenvalue weighted by molar-refractivity contribution is 6.03. The molecule has 2 aromatic rings. The van der Waals surface area contributed by atoms with Crippen molar-refractivity contribution in [2.24, 2.45) is 0 Å². The molecule has 1 amide bonds. The fraction of sp³-hybridized carbons (Fsp3) is 0.125. The number of fused-ring (bicyclic) bond motifs is 1. The van der Waals surface area contributed by atoms with Gasteiger partial charge in [-0.05, 0) is 24.3 Å². The Morgan fingerprint density at radius 1 is 1.23 bits per heavy atom. The maximum Gasteiger partial charge on any atom is 0.274 e. The fourth-order valence-electron chi connectivity index (χ4n) is 1.99. The third-order valence-electron chi connectivity index (χ3n) is 3.08. The summed E-state index contributed by atoms with van der Waals surface area (Å²) in [6.45, 7) is 4.47. The molecule has 2 heterocycles. The van der Waals surface area contributed by atoms with Crippen molar-refractivity contribution in [2.75, 3.05) is 24.0 Å². The normalized spacial score (nSPS) is 11.8. The Labute approximate surface area is 127 Å². The molecule has 22 heavy (non-hydrogen) atoms. The molecule has 3 rings (SSSR count). The molecule has 1 aromatic heterocycles. The molecule has 6 heteroatoms. The van der Waals surface area contributed by atoms with Crippen molar-refractivity contribution in [3.05, 3.63) is 54.9 Å². The van der Waals surface area contributed by atoms with Crippen LogP contribution in [0.1, 0.15) is 10.5 Å². The van der Waals surface area contributed by atoms with E-state index >= 15 is 0 Å². The maximum absolute atomic E-state index is 12.2. The van der Waals surface area contributed by atoms with Gasteiger partial charge in [-0.3, -0.25) is 4.79 Å². The molecule has 112 valence electrons. The predicted octanol–water partition coefficient (Wildman–Crippen LogP) is 2.66. The lowest BCUT2D eigenvalue weighted by Gasteiger charge is -2.07. The minimum absolute atomic E-state index is 0.202. The number of hydrogen-bond acceptors (Lipinski definition) is 5. The van der Waals surface area contributed by atoms with Gasteiger partial charge in [-0.2, -0.15) is 0 Å². The molecule has 1 aliphatic rings. The van der Waals surface area contributed by atoms with Gasteiger partial charge in [-0.25, -0.2) is 4.98 Å². The van der Waals surface area contributed by atoms with Gasteiger partial charge in [0.25, 0.3) is 5.91 Å². The number of nitrogens with zero attached hydrogens (tertiary/aromatic N) is 1. The molecule has 1 aliphatic heterocycles. The molecule has 0 unspecified atom stereocenters. The molecule has 0 radical (unpaired) electrons. The SMILES string of the molecule is C=CCNc1ccc(C(=O)Nc2ccc3c(c2)OCO3)nc1. The second kappa shape index (κ2) is 6.17. The van der Waals surface area contributed by atoms with Crippen LogP contribution in [0.4, 0.5) is 11.4 Å². The molecule has 2 N–H and O–H groups in total. The van der Waals surface area contributed by atoms with Crippen LogP contribution in [0.15, 0.2) is 49.2 Å². The first-order valence-corrected chi connectivity index (χ1v) is 6.78. The van der Waals surface area contributed by atoms with Crippen LogP contribution in [0.2, 0.25) is 0 Å². The minimum Gasteiger partial charge on any atom is -0.454 e. The van der Waals surface area contributed by atoms with Crippen LogP contribution >= 0.6 is 0 Å². The second-order valence-electron chi connectivity index (χ2n) is 4.62. The van der Waals surface area contributed by atoms with Crippen LogP contribution in [-0.4, -0.2) is 24.2 Å². The number of carbonyl (C=O) groups excluding carboxylic acids is 1. The van der Waals surface area contributed by atoms with E-state index in [2.05, 4.69) is 22.2 Å². The number of rotatable bonds is 5. The number of ether oxygens (including phenoxy) is 2. The summed E-state index contributed by atoms with van der Waals surface area (Å²) in [5.74, 6) is 1.01. The van der Waals surface area contributed by atoms with E-state index in [1.54, 1.807) is 42.6 Å². The molecule has 0 aliphatic carbocycles. The van der Waals surface area contributed by atoms with Crippen LogP contribution in [0.3, 0.4) is 0 Å². The highest BCUT2D eigenvalue weighted by Gasteiger charge is 2.15. The smallest absolute Gasteiger partial charge is 0.274 e. The van der Waals surface area contributed by atoms with Gasteiger partial charge in [-0.1, -0.05) is 6.08 Å². The van der Waals surface area contributed by atoms with Crippen LogP contribution in [-0.2, 0) is 0 Å². The lowest BCUT2D eigenvalue weighted by atomic mass is 10.2. The number of carbonyl (C=O) groups is 1.